The van der Waals surface area contributed by atoms with Crippen LogP contribution in [0, 0.1) is 0 Å². The van der Waals surface area contributed by atoms with Gasteiger partial charge in [0.05, 0.1) is 5.56 Å². The first-order valence-corrected chi connectivity index (χ1v) is 6.43. The molecule has 100 valence electrons. The highest BCUT2D eigenvalue weighted by molar-refractivity contribution is 5.64. The van der Waals surface area contributed by atoms with Gasteiger partial charge in [-0.1, -0.05) is 12.1 Å². The fourth-order valence-corrected chi connectivity index (χ4v) is 2.30. The molecule has 6 heteroatoms. The molecule has 1 atom stereocenters. The van der Waals surface area contributed by atoms with Crippen molar-refractivity contribution in [2.45, 2.75) is 13.0 Å². The van der Waals surface area contributed by atoms with Gasteiger partial charge in [-0.15, -0.1) is 5.10 Å². The molecule has 19 heavy (non-hydrogen) atoms. The van der Waals surface area contributed by atoms with E-state index in [0.29, 0.717) is 23.4 Å². The van der Waals surface area contributed by atoms with Crippen LogP contribution in [0.5, 0.6) is 5.75 Å². The molecule has 1 saturated heterocycles. The predicted octanol–water partition coefficient (Wildman–Crippen LogP) is 0.975. The third-order valence-corrected chi connectivity index (χ3v) is 3.28. The number of para-hydroxylation sites is 1. The van der Waals surface area contributed by atoms with Gasteiger partial charge >= 0.3 is 0 Å². The fourth-order valence-electron chi connectivity index (χ4n) is 2.30. The Hall–Kier alpha value is -2.08. The maximum Gasteiger partial charge on any atom is 0.245 e. The van der Waals surface area contributed by atoms with Gasteiger partial charge < -0.3 is 15.3 Å². The van der Waals surface area contributed by atoms with Crippen LogP contribution in [0.15, 0.2) is 24.3 Å². The van der Waals surface area contributed by atoms with E-state index in [1.807, 2.05) is 12.1 Å². The van der Waals surface area contributed by atoms with E-state index in [9.17, 15) is 5.11 Å². The Balaban J connectivity index is 1.85. The Morgan fingerprint density at radius 3 is 3.00 bits per heavy atom. The first-order valence-electron chi connectivity index (χ1n) is 6.43. The summed E-state index contributed by atoms with van der Waals surface area (Å²) >= 11 is 0. The molecule has 0 unspecified atom stereocenters. The smallest absolute Gasteiger partial charge is 0.245 e. The lowest BCUT2D eigenvalue weighted by Crippen LogP contribution is -2.49. The summed E-state index contributed by atoms with van der Waals surface area (Å²) in [6.45, 7) is 4.85. The summed E-state index contributed by atoms with van der Waals surface area (Å²) in [5, 5.41) is 20.3. The summed E-state index contributed by atoms with van der Waals surface area (Å²) in [5.41, 5.74) is 0.671. The number of hydrogen-bond acceptors (Lipinski definition) is 5. The molecule has 3 N–H and O–H groups in total. The lowest BCUT2D eigenvalue weighted by molar-refractivity contribution is 0.476. The zero-order valence-electron chi connectivity index (χ0n) is 10.8. The van der Waals surface area contributed by atoms with Crippen LogP contribution in [0.25, 0.3) is 11.4 Å². The van der Waals surface area contributed by atoms with Gasteiger partial charge in [0.1, 0.15) is 5.75 Å². The average molecular weight is 259 g/mol. The van der Waals surface area contributed by atoms with E-state index in [4.69, 9.17) is 0 Å². The number of nitrogens with zero attached hydrogens (tertiary/aromatic N) is 3. The van der Waals surface area contributed by atoms with Crippen molar-refractivity contribution in [1.82, 2.24) is 20.5 Å². The molecule has 0 saturated carbocycles. The van der Waals surface area contributed by atoms with Gasteiger partial charge in [-0.05, 0) is 19.1 Å². The van der Waals surface area contributed by atoms with E-state index >= 15 is 0 Å². The van der Waals surface area contributed by atoms with Crippen LogP contribution >= 0.6 is 0 Å². The molecule has 1 aliphatic rings. The molecule has 0 aliphatic carbocycles. The number of aromatic nitrogens is 3. The van der Waals surface area contributed by atoms with Crippen molar-refractivity contribution in [3.63, 3.8) is 0 Å². The number of H-pyrrole nitrogens is 1. The van der Waals surface area contributed by atoms with Gasteiger partial charge in [0, 0.05) is 25.7 Å². The number of aromatic amines is 1. The number of phenolic OH excluding ortho intramolecular Hbond substituents is 1. The van der Waals surface area contributed by atoms with Crippen LogP contribution in [0.4, 0.5) is 5.95 Å². The highest BCUT2D eigenvalue weighted by Gasteiger charge is 2.20. The van der Waals surface area contributed by atoms with Crippen molar-refractivity contribution in [3.8, 4) is 17.1 Å². The van der Waals surface area contributed by atoms with E-state index < -0.39 is 0 Å². The maximum atomic E-state index is 9.81. The molecule has 0 spiro atoms. The van der Waals surface area contributed by atoms with E-state index in [1.165, 1.54) is 0 Å². The van der Waals surface area contributed by atoms with E-state index in [1.54, 1.807) is 12.1 Å². The van der Waals surface area contributed by atoms with Crippen molar-refractivity contribution in [2.75, 3.05) is 24.5 Å². The van der Waals surface area contributed by atoms with Gasteiger partial charge in [-0.3, -0.25) is 5.10 Å². The Morgan fingerprint density at radius 2 is 2.21 bits per heavy atom. The number of hydrogen-bond donors (Lipinski definition) is 3. The van der Waals surface area contributed by atoms with Gasteiger partial charge in [0.15, 0.2) is 5.82 Å². The van der Waals surface area contributed by atoms with E-state index in [-0.39, 0.29) is 5.75 Å². The molecule has 2 heterocycles. The molecule has 1 aromatic heterocycles. The number of benzene rings is 1. The number of anilines is 1. The summed E-state index contributed by atoms with van der Waals surface area (Å²) in [6, 6.07) is 7.55. The van der Waals surface area contributed by atoms with Crippen molar-refractivity contribution in [2.24, 2.45) is 0 Å². The fraction of sp³-hybridized carbons (Fsp3) is 0.385. The van der Waals surface area contributed by atoms with Gasteiger partial charge in [0.25, 0.3) is 0 Å². The minimum absolute atomic E-state index is 0.207. The minimum Gasteiger partial charge on any atom is -0.507 e. The zero-order chi connectivity index (χ0) is 13.2. The summed E-state index contributed by atoms with van der Waals surface area (Å²) < 4.78 is 0. The van der Waals surface area contributed by atoms with Gasteiger partial charge in [0.2, 0.25) is 5.95 Å². The molecule has 0 amide bonds. The van der Waals surface area contributed by atoms with Crippen molar-refractivity contribution in [1.29, 1.82) is 0 Å². The SMILES string of the molecule is C[C@@H]1CN(c2n[nH]c(-c3ccccc3O)n2)CCN1. The number of piperazine rings is 1. The van der Waals surface area contributed by atoms with Gasteiger partial charge in [-0.2, -0.15) is 4.98 Å². The Labute approximate surface area is 111 Å². The second-order valence-electron chi connectivity index (χ2n) is 4.80. The van der Waals surface area contributed by atoms with Crippen LogP contribution in [-0.2, 0) is 0 Å². The predicted molar refractivity (Wildman–Crippen MR) is 73.2 cm³/mol. The molecule has 0 bridgehead atoms. The summed E-state index contributed by atoms with van der Waals surface area (Å²) in [4.78, 5) is 6.61. The molecule has 1 aliphatic heterocycles. The lowest BCUT2D eigenvalue weighted by Gasteiger charge is -2.30. The molecular weight excluding hydrogens is 242 g/mol. The highest BCUT2D eigenvalue weighted by atomic mass is 16.3. The van der Waals surface area contributed by atoms with Crippen molar-refractivity contribution in [3.05, 3.63) is 24.3 Å². The monoisotopic (exact) mass is 259 g/mol. The molecule has 2 aromatic rings. The molecule has 1 fully saturated rings. The van der Waals surface area contributed by atoms with Crippen LogP contribution in [0.1, 0.15) is 6.92 Å². The number of aromatic hydroxyl groups is 1. The van der Waals surface area contributed by atoms with Crippen molar-refractivity contribution < 1.29 is 5.11 Å². The Bertz CT molecular complexity index is 568. The van der Waals surface area contributed by atoms with Crippen LogP contribution in [0.3, 0.4) is 0 Å². The molecule has 1 aromatic carbocycles. The molecule has 6 nitrogen and oxygen atoms in total. The first kappa shape index (κ1) is 12.0. The summed E-state index contributed by atoms with van der Waals surface area (Å²) in [7, 11) is 0. The maximum absolute atomic E-state index is 9.81. The summed E-state index contributed by atoms with van der Waals surface area (Å²) in [6.07, 6.45) is 0. The van der Waals surface area contributed by atoms with Crippen LogP contribution < -0.4 is 10.2 Å². The quantitative estimate of drug-likeness (QED) is 0.749. The highest BCUT2D eigenvalue weighted by Crippen LogP contribution is 2.26. The molecule has 0 radical (unpaired) electrons. The molecule has 3 rings (SSSR count). The lowest BCUT2D eigenvalue weighted by atomic mass is 10.2. The van der Waals surface area contributed by atoms with Crippen LogP contribution in [0.2, 0.25) is 0 Å². The second kappa shape index (κ2) is 4.89. The average Bonchev–Trinajstić information content (AvgIpc) is 2.89. The topological polar surface area (TPSA) is 77.1 Å². The van der Waals surface area contributed by atoms with E-state index in [0.717, 1.165) is 19.6 Å². The zero-order valence-corrected chi connectivity index (χ0v) is 10.8. The third-order valence-electron chi connectivity index (χ3n) is 3.28. The standard InChI is InChI=1S/C13H17N5O/c1-9-8-18(7-6-14-9)13-15-12(16-17-13)10-4-2-3-5-11(10)19/h2-5,9,14,19H,6-8H2,1H3,(H,15,16,17)/t9-/m1/s1. The Morgan fingerprint density at radius 1 is 1.37 bits per heavy atom. The number of rotatable bonds is 2. The number of phenols is 1. The van der Waals surface area contributed by atoms with Crippen molar-refractivity contribution >= 4 is 5.95 Å². The molecular formula is C13H17N5O. The number of nitrogens with one attached hydrogen (secondary N) is 2. The van der Waals surface area contributed by atoms with E-state index in [2.05, 4.69) is 32.3 Å². The van der Waals surface area contributed by atoms with Crippen LogP contribution in [-0.4, -0.2) is 46.0 Å². The van der Waals surface area contributed by atoms with Gasteiger partial charge in [-0.25, -0.2) is 0 Å². The Kier molecular flexibility index (Phi) is 3.08. The second-order valence-corrected chi connectivity index (χ2v) is 4.80. The first-order chi connectivity index (χ1) is 9.24. The normalized spacial score (nSPS) is 19.6. The third kappa shape index (κ3) is 2.39. The summed E-state index contributed by atoms with van der Waals surface area (Å²) in [5.74, 6) is 1.49. The largest absolute Gasteiger partial charge is 0.507 e. The minimum atomic E-state index is 0.207.